The van der Waals surface area contributed by atoms with E-state index in [1.807, 2.05) is 6.92 Å². The highest BCUT2D eigenvalue weighted by molar-refractivity contribution is 5.96. The zero-order valence-electron chi connectivity index (χ0n) is 14.4. The monoisotopic (exact) mass is 348 g/mol. The summed E-state index contributed by atoms with van der Waals surface area (Å²) in [6, 6.07) is 6.28. The quantitative estimate of drug-likeness (QED) is 0.697. The van der Waals surface area contributed by atoms with Gasteiger partial charge in [0.15, 0.2) is 0 Å². The fraction of sp³-hybridized carbons (Fsp3) is 0.500. The zero-order chi connectivity index (χ0) is 18.2. The highest BCUT2D eigenvalue weighted by Crippen LogP contribution is 2.19. The van der Waals surface area contributed by atoms with Crippen LogP contribution < -0.4 is 10.1 Å². The minimum absolute atomic E-state index is 0.172. The molecule has 25 heavy (non-hydrogen) atoms. The van der Waals surface area contributed by atoms with Crippen molar-refractivity contribution in [2.45, 2.75) is 38.6 Å². The van der Waals surface area contributed by atoms with Crippen molar-refractivity contribution in [3.63, 3.8) is 0 Å². The van der Waals surface area contributed by atoms with Gasteiger partial charge in [0.05, 0.1) is 12.2 Å². The molecule has 0 spiro atoms. The van der Waals surface area contributed by atoms with Crippen LogP contribution in [0.25, 0.3) is 0 Å². The van der Waals surface area contributed by atoms with Gasteiger partial charge in [0.25, 0.3) is 5.91 Å². The molecule has 0 aliphatic carbocycles. The van der Waals surface area contributed by atoms with Crippen LogP contribution in [-0.2, 0) is 9.59 Å². The summed E-state index contributed by atoms with van der Waals surface area (Å²) in [5, 5.41) is 11.9. The molecular formula is C18H24N2O5. The first-order valence-corrected chi connectivity index (χ1v) is 8.57. The van der Waals surface area contributed by atoms with Crippen molar-refractivity contribution in [3.8, 4) is 5.75 Å². The normalized spacial score (nSPS) is 16.5. The van der Waals surface area contributed by atoms with Gasteiger partial charge in [0.1, 0.15) is 11.8 Å². The molecule has 1 aliphatic heterocycles. The lowest BCUT2D eigenvalue weighted by Gasteiger charge is -2.21. The Balaban J connectivity index is 1.78. The maximum absolute atomic E-state index is 12.2. The van der Waals surface area contributed by atoms with Crippen molar-refractivity contribution in [3.05, 3.63) is 29.8 Å². The summed E-state index contributed by atoms with van der Waals surface area (Å²) in [6.07, 6.45) is 1.90. The van der Waals surface area contributed by atoms with Crippen molar-refractivity contribution < 1.29 is 24.2 Å². The Morgan fingerprint density at radius 1 is 1.32 bits per heavy atom. The van der Waals surface area contributed by atoms with Gasteiger partial charge in [-0.2, -0.15) is 0 Å². The third-order valence-electron chi connectivity index (χ3n) is 4.14. The predicted octanol–water partition coefficient (Wildman–Crippen LogP) is 1.67. The second-order valence-electron chi connectivity index (χ2n) is 5.87. The van der Waals surface area contributed by atoms with Crippen LogP contribution in [-0.4, -0.2) is 53.5 Å². The number of aliphatic carboxylic acids is 1. The average Bonchev–Trinajstić information content (AvgIpc) is 3.09. The molecule has 7 heteroatoms. The number of carboxylic acid groups (broad SMARTS) is 1. The molecule has 1 aromatic carbocycles. The first kappa shape index (κ1) is 18.8. The molecule has 0 bridgehead atoms. The van der Waals surface area contributed by atoms with Gasteiger partial charge < -0.3 is 20.1 Å². The second-order valence-corrected chi connectivity index (χ2v) is 5.87. The summed E-state index contributed by atoms with van der Waals surface area (Å²) in [7, 11) is 0. The Labute approximate surface area is 147 Å². The molecule has 1 aromatic rings. The molecule has 7 nitrogen and oxygen atoms in total. The third-order valence-corrected chi connectivity index (χ3v) is 4.14. The number of para-hydroxylation sites is 1. The molecule has 136 valence electrons. The van der Waals surface area contributed by atoms with Crippen LogP contribution in [0.15, 0.2) is 24.3 Å². The van der Waals surface area contributed by atoms with Crippen molar-refractivity contribution in [1.82, 2.24) is 10.2 Å². The van der Waals surface area contributed by atoms with E-state index in [1.54, 1.807) is 24.3 Å². The molecule has 1 aliphatic rings. The van der Waals surface area contributed by atoms with Gasteiger partial charge in [-0.25, -0.2) is 4.79 Å². The fourth-order valence-corrected chi connectivity index (χ4v) is 2.94. The van der Waals surface area contributed by atoms with E-state index < -0.39 is 12.0 Å². The Hall–Kier alpha value is -2.57. The lowest BCUT2D eigenvalue weighted by molar-refractivity contribution is -0.148. The number of likely N-dealkylation sites (tertiary alicyclic amines) is 1. The SMILES string of the molecule is CCOc1ccccc1C(=O)NCCCC(=O)N1CCC[C@H]1C(=O)O. The minimum atomic E-state index is -0.952. The van der Waals surface area contributed by atoms with Crippen molar-refractivity contribution in [2.75, 3.05) is 19.7 Å². The number of carboxylic acids is 1. The molecule has 2 N–H and O–H groups in total. The first-order chi connectivity index (χ1) is 12.0. The number of carbonyl (C=O) groups is 3. The maximum atomic E-state index is 12.2. The number of amides is 2. The van der Waals surface area contributed by atoms with Crippen LogP contribution >= 0.6 is 0 Å². The Kier molecular flexibility index (Phi) is 6.80. The number of hydrogen-bond acceptors (Lipinski definition) is 4. The molecule has 1 atom stereocenters. The molecule has 2 amide bonds. The van der Waals surface area contributed by atoms with Gasteiger partial charge in [-0.3, -0.25) is 9.59 Å². The second kappa shape index (κ2) is 9.05. The van der Waals surface area contributed by atoms with Crippen LogP contribution in [0.1, 0.15) is 43.0 Å². The number of carbonyl (C=O) groups excluding carboxylic acids is 2. The van der Waals surface area contributed by atoms with Crippen LogP contribution in [0.2, 0.25) is 0 Å². The third kappa shape index (κ3) is 4.95. The van der Waals surface area contributed by atoms with E-state index in [0.29, 0.717) is 50.3 Å². The average molecular weight is 348 g/mol. The van der Waals surface area contributed by atoms with Crippen LogP contribution in [0, 0.1) is 0 Å². The first-order valence-electron chi connectivity index (χ1n) is 8.57. The highest BCUT2D eigenvalue weighted by atomic mass is 16.5. The predicted molar refractivity (Wildman–Crippen MR) is 91.5 cm³/mol. The lowest BCUT2D eigenvalue weighted by atomic mass is 10.2. The largest absolute Gasteiger partial charge is 0.493 e. The number of rotatable bonds is 8. The number of ether oxygens (including phenoxy) is 1. The lowest BCUT2D eigenvalue weighted by Crippen LogP contribution is -2.40. The van der Waals surface area contributed by atoms with Gasteiger partial charge in [-0.1, -0.05) is 12.1 Å². The van der Waals surface area contributed by atoms with E-state index in [9.17, 15) is 14.4 Å². The van der Waals surface area contributed by atoms with E-state index >= 15 is 0 Å². The summed E-state index contributed by atoms with van der Waals surface area (Å²) >= 11 is 0. The van der Waals surface area contributed by atoms with Gasteiger partial charge in [-0.05, 0) is 38.3 Å². The highest BCUT2D eigenvalue weighted by Gasteiger charge is 2.33. The molecular weight excluding hydrogens is 324 g/mol. The van der Waals surface area contributed by atoms with Crippen LogP contribution in [0.3, 0.4) is 0 Å². The molecule has 1 heterocycles. The van der Waals surface area contributed by atoms with E-state index in [1.165, 1.54) is 4.90 Å². The summed E-state index contributed by atoms with van der Waals surface area (Å²) in [6.45, 7) is 3.16. The fourth-order valence-electron chi connectivity index (χ4n) is 2.94. The van der Waals surface area contributed by atoms with E-state index in [0.717, 1.165) is 0 Å². The van der Waals surface area contributed by atoms with Gasteiger partial charge in [0.2, 0.25) is 5.91 Å². The van der Waals surface area contributed by atoms with Crippen molar-refractivity contribution in [1.29, 1.82) is 0 Å². The minimum Gasteiger partial charge on any atom is -0.493 e. The van der Waals surface area contributed by atoms with Crippen molar-refractivity contribution in [2.24, 2.45) is 0 Å². The standard InChI is InChI=1S/C18H24N2O5/c1-2-25-15-9-4-3-7-13(15)17(22)19-11-5-10-16(21)20-12-6-8-14(20)18(23)24/h3-4,7,9,14H,2,5-6,8,10-12H2,1H3,(H,19,22)(H,23,24)/t14-/m0/s1. The molecule has 0 radical (unpaired) electrons. The molecule has 1 saturated heterocycles. The molecule has 2 rings (SSSR count). The maximum Gasteiger partial charge on any atom is 0.326 e. The van der Waals surface area contributed by atoms with Gasteiger partial charge >= 0.3 is 5.97 Å². The molecule has 1 fully saturated rings. The van der Waals surface area contributed by atoms with Crippen molar-refractivity contribution >= 4 is 17.8 Å². The summed E-state index contributed by atoms with van der Waals surface area (Å²) in [5.74, 6) is -0.846. The number of hydrogen-bond donors (Lipinski definition) is 2. The summed E-state index contributed by atoms with van der Waals surface area (Å²) < 4.78 is 5.43. The Morgan fingerprint density at radius 2 is 2.08 bits per heavy atom. The van der Waals surface area contributed by atoms with Gasteiger partial charge in [-0.15, -0.1) is 0 Å². The molecule has 0 aromatic heterocycles. The van der Waals surface area contributed by atoms with Crippen LogP contribution in [0.5, 0.6) is 5.75 Å². The topological polar surface area (TPSA) is 95.9 Å². The smallest absolute Gasteiger partial charge is 0.326 e. The molecule has 0 saturated carbocycles. The number of nitrogens with one attached hydrogen (secondary N) is 1. The molecule has 0 unspecified atom stereocenters. The number of benzene rings is 1. The zero-order valence-corrected chi connectivity index (χ0v) is 14.4. The summed E-state index contributed by atoms with van der Waals surface area (Å²) in [4.78, 5) is 36.9. The Morgan fingerprint density at radius 3 is 2.80 bits per heavy atom. The Bertz CT molecular complexity index is 632. The van der Waals surface area contributed by atoms with E-state index in [-0.39, 0.29) is 18.2 Å². The van der Waals surface area contributed by atoms with Crippen LogP contribution in [0.4, 0.5) is 0 Å². The van der Waals surface area contributed by atoms with Gasteiger partial charge in [0, 0.05) is 19.5 Å². The van der Waals surface area contributed by atoms with E-state index in [2.05, 4.69) is 5.32 Å². The van der Waals surface area contributed by atoms with E-state index in [4.69, 9.17) is 9.84 Å². The summed E-state index contributed by atoms with van der Waals surface area (Å²) in [5.41, 5.74) is 0.459. The number of nitrogens with zero attached hydrogens (tertiary/aromatic N) is 1.